The minimum absolute atomic E-state index is 0.0581. The summed E-state index contributed by atoms with van der Waals surface area (Å²) >= 11 is 0. The summed E-state index contributed by atoms with van der Waals surface area (Å²) in [6.07, 6.45) is 60.1. The number of rotatable bonds is 41. The van der Waals surface area contributed by atoms with E-state index in [0.29, 0.717) is 19.4 Å². The van der Waals surface area contributed by atoms with E-state index < -0.39 is 6.10 Å². The van der Waals surface area contributed by atoms with E-state index in [1.165, 1.54) is 51.4 Å². The number of esters is 2. The molecule has 0 saturated heterocycles. The van der Waals surface area contributed by atoms with Crippen molar-refractivity contribution < 1.29 is 23.8 Å². The maximum absolute atomic E-state index is 12.7. The summed E-state index contributed by atoms with van der Waals surface area (Å²) in [5.74, 6) is -0.462. The first-order valence-electron chi connectivity index (χ1n) is 23.1. The predicted molar refractivity (Wildman–Crippen MR) is 242 cm³/mol. The van der Waals surface area contributed by atoms with Gasteiger partial charge in [-0.05, 0) is 89.9 Å². The van der Waals surface area contributed by atoms with Gasteiger partial charge in [-0.25, -0.2) is 0 Å². The maximum atomic E-state index is 12.7. The van der Waals surface area contributed by atoms with Crippen molar-refractivity contribution in [3.8, 4) is 0 Å². The zero-order valence-corrected chi connectivity index (χ0v) is 36.6. The highest BCUT2D eigenvalue weighted by Gasteiger charge is 2.17. The quantitative estimate of drug-likeness (QED) is 0.0351. The van der Waals surface area contributed by atoms with Gasteiger partial charge in [0.2, 0.25) is 0 Å². The van der Waals surface area contributed by atoms with Crippen molar-refractivity contribution >= 4 is 11.9 Å². The number of ether oxygens (including phenoxy) is 3. The third-order valence-corrected chi connectivity index (χ3v) is 9.43. The van der Waals surface area contributed by atoms with Gasteiger partial charge in [-0.3, -0.25) is 9.59 Å². The van der Waals surface area contributed by atoms with Gasteiger partial charge in [-0.2, -0.15) is 0 Å². The Bertz CT molecular complexity index is 1060. The van der Waals surface area contributed by atoms with Gasteiger partial charge in [-0.15, -0.1) is 0 Å². The Kier molecular flexibility index (Phi) is 44.0. The number of hydrogen-bond donors (Lipinski definition) is 0. The van der Waals surface area contributed by atoms with Crippen LogP contribution >= 0.6 is 0 Å². The number of carbonyl (C=O) groups excluding carboxylic acids is 2. The molecule has 320 valence electrons. The molecule has 0 heterocycles. The van der Waals surface area contributed by atoms with E-state index in [0.717, 1.165) is 116 Å². The largest absolute Gasteiger partial charge is 0.462 e. The van der Waals surface area contributed by atoms with Gasteiger partial charge in [0, 0.05) is 19.4 Å². The third-order valence-electron chi connectivity index (χ3n) is 9.43. The van der Waals surface area contributed by atoms with Crippen molar-refractivity contribution in [2.24, 2.45) is 0 Å². The van der Waals surface area contributed by atoms with E-state index in [2.05, 4.69) is 106 Å². The average molecular weight is 779 g/mol. The molecule has 0 fully saturated rings. The molecule has 56 heavy (non-hydrogen) atoms. The molecule has 0 bridgehead atoms. The highest BCUT2D eigenvalue weighted by molar-refractivity contribution is 5.70. The van der Waals surface area contributed by atoms with Gasteiger partial charge < -0.3 is 14.2 Å². The van der Waals surface area contributed by atoms with E-state index >= 15 is 0 Å². The fraction of sp³-hybridized carbons (Fsp3) is 0.686. The SMILES string of the molecule is CC/C=C\C/C=C\C/C=C\C/C=C\CCCCCCC(=O)OCC(COCCCCCCCCCCCC)OC(=O)CCCCC/C=C\C/C=C\C/C=C\CC. The van der Waals surface area contributed by atoms with Gasteiger partial charge in [0.15, 0.2) is 6.10 Å². The molecule has 0 aliphatic rings. The van der Waals surface area contributed by atoms with E-state index in [9.17, 15) is 9.59 Å². The molecule has 5 heteroatoms. The lowest BCUT2D eigenvalue weighted by atomic mass is 10.1. The van der Waals surface area contributed by atoms with Crippen molar-refractivity contribution in [2.75, 3.05) is 19.8 Å². The van der Waals surface area contributed by atoms with Crippen LogP contribution in [0.15, 0.2) is 85.1 Å². The summed E-state index contributed by atoms with van der Waals surface area (Å²) in [7, 11) is 0. The molecule has 0 amide bonds. The van der Waals surface area contributed by atoms with Crippen LogP contribution in [0.1, 0.15) is 201 Å². The Morgan fingerprint density at radius 3 is 1.30 bits per heavy atom. The van der Waals surface area contributed by atoms with Gasteiger partial charge in [0.25, 0.3) is 0 Å². The standard InChI is InChI=1S/C51H86O5/c1-4-7-10-13-16-19-22-24-25-26-27-29-30-32-35-38-41-44-50(52)55-48-49(47-54-46-43-40-37-34-21-18-15-12-9-6-3)56-51(53)45-42-39-36-33-31-28-23-20-17-14-11-8-5-2/h7-8,10-11,16-17,19-20,24-25,27-29,31,49H,4-6,9,12-15,18,21-23,26,30,32-48H2,1-3H3/b10-7-,11-8-,19-16-,20-17-,25-24-,29-27-,31-28-. The van der Waals surface area contributed by atoms with Crippen molar-refractivity contribution in [3.05, 3.63) is 85.1 Å². The lowest BCUT2D eigenvalue weighted by Crippen LogP contribution is -2.30. The average Bonchev–Trinajstić information content (AvgIpc) is 3.20. The van der Waals surface area contributed by atoms with Crippen molar-refractivity contribution in [1.29, 1.82) is 0 Å². The second-order valence-corrected chi connectivity index (χ2v) is 14.9. The highest BCUT2D eigenvalue weighted by atomic mass is 16.6. The second kappa shape index (κ2) is 46.5. The summed E-state index contributed by atoms with van der Waals surface area (Å²) in [5.41, 5.74) is 0. The van der Waals surface area contributed by atoms with Gasteiger partial charge in [-0.1, -0.05) is 183 Å². The molecule has 0 spiro atoms. The first-order chi connectivity index (χ1) is 27.6. The van der Waals surface area contributed by atoms with Crippen LogP contribution in [0.5, 0.6) is 0 Å². The smallest absolute Gasteiger partial charge is 0.306 e. The number of unbranched alkanes of at least 4 members (excludes halogenated alkanes) is 16. The lowest BCUT2D eigenvalue weighted by Gasteiger charge is -2.18. The molecular weight excluding hydrogens is 693 g/mol. The first-order valence-corrected chi connectivity index (χ1v) is 23.1. The van der Waals surface area contributed by atoms with Gasteiger partial charge >= 0.3 is 11.9 Å². The molecule has 0 aliphatic heterocycles. The summed E-state index contributed by atoms with van der Waals surface area (Å²) in [5, 5.41) is 0. The van der Waals surface area contributed by atoms with Crippen LogP contribution in [0.25, 0.3) is 0 Å². The van der Waals surface area contributed by atoms with Crippen molar-refractivity contribution in [1.82, 2.24) is 0 Å². The van der Waals surface area contributed by atoms with Crippen LogP contribution in [-0.4, -0.2) is 37.9 Å². The third kappa shape index (κ3) is 43.8. The normalized spacial score (nSPS) is 13.0. The molecule has 0 N–H and O–H groups in total. The van der Waals surface area contributed by atoms with Crippen LogP contribution in [0.4, 0.5) is 0 Å². The fourth-order valence-electron chi connectivity index (χ4n) is 6.04. The van der Waals surface area contributed by atoms with Crippen LogP contribution in [0.3, 0.4) is 0 Å². The molecule has 0 radical (unpaired) electrons. The monoisotopic (exact) mass is 779 g/mol. The topological polar surface area (TPSA) is 61.8 Å². The first kappa shape index (κ1) is 53.1. The molecule has 0 rings (SSSR count). The Labute approximate surface area is 346 Å². The summed E-state index contributed by atoms with van der Waals surface area (Å²) in [4.78, 5) is 25.2. The molecule has 0 saturated carbocycles. The van der Waals surface area contributed by atoms with Crippen molar-refractivity contribution in [3.63, 3.8) is 0 Å². The maximum Gasteiger partial charge on any atom is 0.306 e. The molecule has 0 aliphatic carbocycles. The van der Waals surface area contributed by atoms with Crippen LogP contribution in [0.2, 0.25) is 0 Å². The minimum atomic E-state index is -0.561. The molecule has 5 nitrogen and oxygen atoms in total. The zero-order chi connectivity index (χ0) is 40.7. The number of allylic oxidation sites excluding steroid dienone is 14. The fourth-order valence-corrected chi connectivity index (χ4v) is 6.04. The minimum Gasteiger partial charge on any atom is -0.462 e. The Morgan fingerprint density at radius 2 is 0.804 bits per heavy atom. The molecule has 0 aromatic carbocycles. The zero-order valence-electron chi connectivity index (χ0n) is 36.6. The summed E-state index contributed by atoms with van der Waals surface area (Å²) in [6.45, 7) is 7.53. The highest BCUT2D eigenvalue weighted by Crippen LogP contribution is 2.12. The molecule has 0 aromatic heterocycles. The second-order valence-electron chi connectivity index (χ2n) is 14.9. The van der Waals surface area contributed by atoms with E-state index in [1.807, 2.05) is 0 Å². The Balaban J connectivity index is 4.33. The molecular formula is C51H86O5. The van der Waals surface area contributed by atoms with Crippen LogP contribution in [0, 0.1) is 0 Å². The lowest BCUT2D eigenvalue weighted by molar-refractivity contribution is -0.163. The van der Waals surface area contributed by atoms with E-state index in [1.54, 1.807) is 0 Å². The predicted octanol–water partition coefficient (Wildman–Crippen LogP) is 15.3. The Hall–Kier alpha value is -2.92. The van der Waals surface area contributed by atoms with E-state index in [4.69, 9.17) is 14.2 Å². The summed E-state index contributed by atoms with van der Waals surface area (Å²) < 4.78 is 17.3. The number of hydrogen-bond acceptors (Lipinski definition) is 5. The Morgan fingerprint density at radius 1 is 0.411 bits per heavy atom. The van der Waals surface area contributed by atoms with Crippen LogP contribution in [-0.2, 0) is 23.8 Å². The number of carbonyl (C=O) groups is 2. The molecule has 0 aromatic rings. The molecule has 1 unspecified atom stereocenters. The van der Waals surface area contributed by atoms with Gasteiger partial charge in [0.1, 0.15) is 6.61 Å². The van der Waals surface area contributed by atoms with E-state index in [-0.39, 0.29) is 25.2 Å². The molecule has 1 atom stereocenters. The van der Waals surface area contributed by atoms with Gasteiger partial charge in [0.05, 0.1) is 6.61 Å². The van der Waals surface area contributed by atoms with Crippen LogP contribution < -0.4 is 0 Å². The summed E-state index contributed by atoms with van der Waals surface area (Å²) in [6, 6.07) is 0. The van der Waals surface area contributed by atoms with Crippen molar-refractivity contribution in [2.45, 2.75) is 207 Å².